The molecule has 0 aromatic carbocycles. The zero-order valence-electron chi connectivity index (χ0n) is 11.2. The van der Waals surface area contributed by atoms with Gasteiger partial charge in [-0.2, -0.15) is 0 Å². The van der Waals surface area contributed by atoms with Crippen LogP contribution in [0.4, 0.5) is 0 Å². The Morgan fingerprint density at radius 3 is 2.29 bits per heavy atom. The van der Waals surface area contributed by atoms with Gasteiger partial charge in [0.1, 0.15) is 0 Å². The Balaban J connectivity index is 2.44. The van der Waals surface area contributed by atoms with Crippen molar-refractivity contribution in [1.29, 1.82) is 0 Å². The lowest BCUT2D eigenvalue weighted by atomic mass is 9.96. The van der Waals surface area contributed by atoms with E-state index in [9.17, 15) is 4.79 Å². The van der Waals surface area contributed by atoms with Crippen molar-refractivity contribution in [3.8, 4) is 0 Å². The van der Waals surface area contributed by atoms with E-state index in [2.05, 4.69) is 19.2 Å². The van der Waals surface area contributed by atoms with Crippen molar-refractivity contribution in [2.24, 2.45) is 11.8 Å². The number of amides is 1. The molecule has 0 bridgehead atoms. The quantitative estimate of drug-likeness (QED) is 0.726. The van der Waals surface area contributed by atoms with E-state index in [1.165, 1.54) is 25.7 Å². The van der Waals surface area contributed by atoms with Crippen molar-refractivity contribution in [3.63, 3.8) is 0 Å². The van der Waals surface area contributed by atoms with Crippen molar-refractivity contribution in [2.45, 2.75) is 64.8 Å². The fraction of sp³-hybridized carbons (Fsp3) is 0.929. The molecule has 3 heteroatoms. The van der Waals surface area contributed by atoms with Crippen molar-refractivity contribution >= 4 is 5.91 Å². The van der Waals surface area contributed by atoms with Crippen LogP contribution >= 0.6 is 0 Å². The summed E-state index contributed by atoms with van der Waals surface area (Å²) in [5, 5.41) is 12.1. The number of hydrogen-bond acceptors (Lipinski definition) is 2. The highest BCUT2D eigenvalue weighted by molar-refractivity contribution is 5.78. The molecule has 0 spiro atoms. The summed E-state index contributed by atoms with van der Waals surface area (Å²) in [6, 6.07) is 0.121. The summed E-state index contributed by atoms with van der Waals surface area (Å²) in [6.45, 7) is 4.33. The average molecular weight is 241 g/mol. The molecule has 1 atom stereocenters. The van der Waals surface area contributed by atoms with Crippen LogP contribution in [0.1, 0.15) is 58.8 Å². The lowest BCUT2D eigenvalue weighted by Crippen LogP contribution is -2.42. The Hall–Kier alpha value is -0.570. The van der Waals surface area contributed by atoms with Gasteiger partial charge < -0.3 is 10.4 Å². The number of carbonyl (C=O) groups excluding carboxylic acids is 1. The van der Waals surface area contributed by atoms with Gasteiger partial charge in [-0.1, -0.05) is 39.5 Å². The maximum absolute atomic E-state index is 12.1. The molecule has 1 aliphatic carbocycles. The van der Waals surface area contributed by atoms with Gasteiger partial charge in [-0.05, 0) is 25.2 Å². The van der Waals surface area contributed by atoms with Gasteiger partial charge in [-0.15, -0.1) is 0 Å². The van der Waals surface area contributed by atoms with E-state index in [0.717, 1.165) is 12.8 Å². The average Bonchev–Trinajstić information content (AvgIpc) is 2.56. The summed E-state index contributed by atoms with van der Waals surface area (Å²) >= 11 is 0. The van der Waals surface area contributed by atoms with Gasteiger partial charge in [0.25, 0.3) is 0 Å². The van der Waals surface area contributed by atoms with Crippen LogP contribution in [-0.4, -0.2) is 23.7 Å². The second-order valence-corrected chi connectivity index (χ2v) is 5.56. The van der Waals surface area contributed by atoms with Crippen LogP contribution in [0.2, 0.25) is 0 Å². The minimum atomic E-state index is 0.121. The van der Waals surface area contributed by atoms with Crippen LogP contribution in [0.25, 0.3) is 0 Å². The van der Waals surface area contributed by atoms with E-state index in [1.807, 2.05) is 0 Å². The molecule has 0 aromatic rings. The van der Waals surface area contributed by atoms with Crippen LogP contribution in [0.15, 0.2) is 0 Å². The standard InChI is InChI=1S/C14H27NO2/c1-11(2)13(9-10-16)15-14(17)12-7-5-3-4-6-8-12/h11-13,16H,3-10H2,1-2H3,(H,15,17). The molecule has 0 radical (unpaired) electrons. The molecule has 1 unspecified atom stereocenters. The normalized spacial score (nSPS) is 20.0. The summed E-state index contributed by atoms with van der Waals surface area (Å²) in [5.74, 6) is 0.799. The predicted octanol–water partition coefficient (Wildman–Crippen LogP) is 2.48. The number of nitrogens with one attached hydrogen (secondary N) is 1. The molecule has 1 amide bonds. The molecule has 1 saturated carbocycles. The molecule has 0 aliphatic heterocycles. The summed E-state index contributed by atoms with van der Waals surface area (Å²) < 4.78 is 0. The third-order valence-electron chi connectivity index (χ3n) is 3.80. The number of hydrogen-bond donors (Lipinski definition) is 2. The highest BCUT2D eigenvalue weighted by Crippen LogP contribution is 2.23. The molecule has 1 fully saturated rings. The molecule has 2 N–H and O–H groups in total. The third-order valence-corrected chi connectivity index (χ3v) is 3.80. The van der Waals surface area contributed by atoms with E-state index in [0.29, 0.717) is 12.3 Å². The molecule has 1 rings (SSSR count). The molecular formula is C14H27NO2. The highest BCUT2D eigenvalue weighted by atomic mass is 16.3. The third kappa shape index (κ3) is 5.07. The maximum atomic E-state index is 12.1. The van der Waals surface area contributed by atoms with Crippen LogP contribution in [0.3, 0.4) is 0 Å². The smallest absolute Gasteiger partial charge is 0.223 e. The predicted molar refractivity (Wildman–Crippen MR) is 69.7 cm³/mol. The van der Waals surface area contributed by atoms with E-state index >= 15 is 0 Å². The Morgan fingerprint density at radius 2 is 1.82 bits per heavy atom. The Morgan fingerprint density at radius 1 is 1.24 bits per heavy atom. The number of aliphatic hydroxyl groups excluding tert-OH is 1. The van der Waals surface area contributed by atoms with Crippen molar-refractivity contribution in [2.75, 3.05) is 6.61 Å². The Labute approximate surface area is 105 Å². The van der Waals surface area contributed by atoms with Crippen LogP contribution < -0.4 is 5.32 Å². The van der Waals surface area contributed by atoms with E-state index in [1.54, 1.807) is 0 Å². The summed E-state index contributed by atoms with van der Waals surface area (Å²) in [6.07, 6.45) is 7.65. The fourth-order valence-electron chi connectivity index (χ4n) is 2.55. The molecule has 1 aliphatic rings. The van der Waals surface area contributed by atoms with Crippen LogP contribution in [0, 0.1) is 11.8 Å². The van der Waals surface area contributed by atoms with Crippen LogP contribution in [0.5, 0.6) is 0 Å². The number of rotatable bonds is 5. The van der Waals surface area contributed by atoms with Crippen molar-refractivity contribution < 1.29 is 9.90 Å². The Kier molecular flexibility index (Phi) is 6.56. The van der Waals surface area contributed by atoms with Gasteiger partial charge in [-0.25, -0.2) is 0 Å². The van der Waals surface area contributed by atoms with Gasteiger partial charge in [0.2, 0.25) is 5.91 Å². The minimum absolute atomic E-state index is 0.121. The Bertz CT molecular complexity index is 220. The van der Waals surface area contributed by atoms with Crippen LogP contribution in [-0.2, 0) is 4.79 Å². The topological polar surface area (TPSA) is 49.3 Å². The van der Waals surface area contributed by atoms with E-state index in [4.69, 9.17) is 5.11 Å². The molecular weight excluding hydrogens is 214 g/mol. The molecule has 0 heterocycles. The van der Waals surface area contributed by atoms with Gasteiger partial charge in [0.05, 0.1) is 0 Å². The molecule has 3 nitrogen and oxygen atoms in total. The van der Waals surface area contributed by atoms with Gasteiger partial charge in [0, 0.05) is 18.6 Å². The zero-order chi connectivity index (χ0) is 12.7. The first-order valence-corrected chi connectivity index (χ1v) is 7.06. The van der Waals surface area contributed by atoms with E-state index in [-0.39, 0.29) is 24.5 Å². The SMILES string of the molecule is CC(C)C(CCO)NC(=O)C1CCCCCC1. The summed E-state index contributed by atoms with van der Waals surface area (Å²) in [4.78, 5) is 12.1. The van der Waals surface area contributed by atoms with E-state index < -0.39 is 0 Å². The second-order valence-electron chi connectivity index (χ2n) is 5.56. The fourth-order valence-corrected chi connectivity index (χ4v) is 2.55. The summed E-state index contributed by atoms with van der Waals surface area (Å²) in [7, 11) is 0. The second kappa shape index (κ2) is 7.70. The van der Waals surface area contributed by atoms with Gasteiger partial charge in [-0.3, -0.25) is 4.79 Å². The number of carbonyl (C=O) groups is 1. The molecule has 0 saturated heterocycles. The minimum Gasteiger partial charge on any atom is -0.396 e. The maximum Gasteiger partial charge on any atom is 0.223 e. The molecule has 100 valence electrons. The molecule has 17 heavy (non-hydrogen) atoms. The highest BCUT2D eigenvalue weighted by Gasteiger charge is 2.23. The summed E-state index contributed by atoms with van der Waals surface area (Å²) in [5.41, 5.74) is 0. The van der Waals surface area contributed by atoms with Crippen molar-refractivity contribution in [1.82, 2.24) is 5.32 Å². The largest absolute Gasteiger partial charge is 0.396 e. The lowest BCUT2D eigenvalue weighted by Gasteiger charge is -2.24. The van der Waals surface area contributed by atoms with Gasteiger partial charge >= 0.3 is 0 Å². The first-order valence-electron chi connectivity index (χ1n) is 7.06. The van der Waals surface area contributed by atoms with Crippen molar-refractivity contribution in [3.05, 3.63) is 0 Å². The monoisotopic (exact) mass is 241 g/mol. The number of aliphatic hydroxyl groups is 1. The first kappa shape index (κ1) is 14.5. The molecule has 0 aromatic heterocycles. The van der Waals surface area contributed by atoms with Gasteiger partial charge in [0.15, 0.2) is 0 Å². The first-order chi connectivity index (χ1) is 8.15. The lowest BCUT2D eigenvalue weighted by molar-refractivity contribution is -0.126. The zero-order valence-corrected chi connectivity index (χ0v) is 11.2.